The molecule has 12 heteroatoms. The number of aryl methyl sites for hydroxylation is 1. The maximum atomic E-state index is 14.1. The zero-order chi connectivity index (χ0) is 21.8. The van der Waals surface area contributed by atoms with Crippen molar-refractivity contribution in [2.45, 2.75) is 26.3 Å². The zero-order valence-electron chi connectivity index (χ0n) is 15.9. The summed E-state index contributed by atoms with van der Waals surface area (Å²) >= 11 is 2.43. The van der Waals surface area contributed by atoms with Gasteiger partial charge >= 0.3 is 0 Å². The third kappa shape index (κ3) is 6.17. The number of thioether (sulfide) groups is 1. The molecule has 0 fully saturated rings. The lowest BCUT2D eigenvalue weighted by atomic mass is 10.1. The van der Waals surface area contributed by atoms with E-state index in [2.05, 4.69) is 15.0 Å². The van der Waals surface area contributed by atoms with Gasteiger partial charge in [0.25, 0.3) is 0 Å². The lowest BCUT2D eigenvalue weighted by molar-refractivity contribution is -0.117. The number of hydrogen-bond donors (Lipinski definition) is 2. The summed E-state index contributed by atoms with van der Waals surface area (Å²) in [6, 6.07) is 0.0836. The molecule has 2 N–H and O–H groups in total. The van der Waals surface area contributed by atoms with Crippen molar-refractivity contribution in [3.63, 3.8) is 0 Å². The van der Waals surface area contributed by atoms with Crippen molar-refractivity contribution in [2.75, 3.05) is 23.1 Å². The number of rotatable bonds is 9. The predicted octanol–water partition coefficient (Wildman–Crippen LogP) is 3.54. The molecule has 1 unspecified atom stereocenters. The van der Waals surface area contributed by atoms with Crippen LogP contribution in [-0.4, -0.2) is 43.1 Å². The van der Waals surface area contributed by atoms with Crippen molar-refractivity contribution in [1.29, 1.82) is 0 Å². The van der Waals surface area contributed by atoms with Gasteiger partial charge in [0.1, 0.15) is 23.5 Å². The highest BCUT2D eigenvalue weighted by Crippen LogP contribution is 2.34. The molecule has 0 aliphatic heterocycles. The molecule has 29 heavy (non-hydrogen) atoms. The van der Waals surface area contributed by atoms with Crippen LogP contribution >= 0.6 is 23.1 Å². The Balaban J connectivity index is 2.28. The van der Waals surface area contributed by atoms with Crippen LogP contribution in [0.1, 0.15) is 18.2 Å². The Kier molecular flexibility index (Phi) is 8.09. The predicted molar refractivity (Wildman–Crippen MR) is 110 cm³/mol. The smallest absolute Gasteiger partial charge is 0.244 e. The second-order valence-corrected chi connectivity index (χ2v) is 10.2. The maximum absolute atomic E-state index is 14.1. The number of halogens is 3. The number of thiazole rings is 1. The van der Waals surface area contributed by atoms with E-state index in [-0.39, 0.29) is 23.0 Å². The van der Waals surface area contributed by atoms with Gasteiger partial charge in [-0.25, -0.2) is 31.3 Å². The summed E-state index contributed by atoms with van der Waals surface area (Å²) in [6.45, 7) is 3.00. The fourth-order valence-corrected chi connectivity index (χ4v) is 4.54. The van der Waals surface area contributed by atoms with Crippen molar-refractivity contribution >= 4 is 44.2 Å². The minimum atomic E-state index is -3.62. The van der Waals surface area contributed by atoms with Crippen molar-refractivity contribution in [2.24, 2.45) is 0 Å². The first-order valence-corrected chi connectivity index (χ1v) is 12.4. The Morgan fingerprint density at radius 1 is 1.28 bits per heavy atom. The summed E-state index contributed by atoms with van der Waals surface area (Å²) in [4.78, 5) is 17.0. The molecule has 0 aliphatic rings. The van der Waals surface area contributed by atoms with Crippen LogP contribution in [0.5, 0.6) is 0 Å². The number of hydrogen-bond acceptors (Lipinski definition) is 6. The topological polar surface area (TPSA) is 88.2 Å². The summed E-state index contributed by atoms with van der Waals surface area (Å²) in [5.41, 5.74) is -0.554. The van der Waals surface area contributed by atoms with E-state index in [0.29, 0.717) is 22.8 Å². The summed E-state index contributed by atoms with van der Waals surface area (Å²) < 4.78 is 67.3. The second-order valence-electron chi connectivity index (χ2n) is 6.01. The molecule has 2 rings (SSSR count). The number of sulfonamides is 1. The summed E-state index contributed by atoms with van der Waals surface area (Å²) in [6.07, 6.45) is 2.08. The van der Waals surface area contributed by atoms with Crippen molar-refractivity contribution in [3.05, 3.63) is 34.5 Å². The number of anilines is 1. The standard InChI is InChI=1S/C17H20F3N3O3S3/c1-4-29(25,26)23-13(5-6-27-3)16(24)22-17-21-15(9(2)28-17)14-11(19)7-10(18)8-12(14)20/h7-8,13,23H,4-6H2,1-3H3,(H,21,22,24). The highest BCUT2D eigenvalue weighted by atomic mass is 32.2. The van der Waals surface area contributed by atoms with Gasteiger partial charge in [0.2, 0.25) is 15.9 Å². The fourth-order valence-electron chi connectivity index (χ4n) is 2.42. The summed E-state index contributed by atoms with van der Waals surface area (Å²) in [7, 11) is -3.62. The van der Waals surface area contributed by atoms with Crippen LogP contribution in [-0.2, 0) is 14.8 Å². The number of carbonyl (C=O) groups excluding carboxylic acids is 1. The Hall–Kier alpha value is -1.63. The van der Waals surface area contributed by atoms with E-state index < -0.39 is 45.0 Å². The highest BCUT2D eigenvalue weighted by Gasteiger charge is 2.25. The largest absolute Gasteiger partial charge is 0.301 e. The molecule has 160 valence electrons. The van der Waals surface area contributed by atoms with E-state index >= 15 is 0 Å². The number of aromatic nitrogens is 1. The molecule has 0 saturated heterocycles. The van der Waals surface area contributed by atoms with Gasteiger partial charge in [-0.3, -0.25) is 4.79 Å². The molecule has 0 bridgehead atoms. The van der Waals surface area contributed by atoms with E-state index in [9.17, 15) is 26.4 Å². The Labute approximate surface area is 175 Å². The van der Waals surface area contributed by atoms with Gasteiger partial charge in [-0.05, 0) is 32.3 Å². The Morgan fingerprint density at radius 3 is 2.45 bits per heavy atom. The fraction of sp³-hybridized carbons (Fsp3) is 0.412. The lowest BCUT2D eigenvalue weighted by Gasteiger charge is -2.16. The van der Waals surface area contributed by atoms with E-state index in [1.165, 1.54) is 18.7 Å². The van der Waals surface area contributed by atoms with Crippen LogP contribution < -0.4 is 10.0 Å². The molecule has 0 radical (unpaired) electrons. The van der Waals surface area contributed by atoms with Gasteiger partial charge in [0.15, 0.2) is 5.13 Å². The molecule has 0 aliphatic carbocycles. The molecular formula is C17H20F3N3O3S3. The van der Waals surface area contributed by atoms with E-state index in [4.69, 9.17) is 0 Å². The van der Waals surface area contributed by atoms with E-state index in [1.807, 2.05) is 6.26 Å². The maximum Gasteiger partial charge on any atom is 0.244 e. The van der Waals surface area contributed by atoms with Crippen LogP contribution in [0.25, 0.3) is 11.3 Å². The molecule has 1 aromatic carbocycles. The number of carbonyl (C=O) groups is 1. The molecular weight excluding hydrogens is 447 g/mol. The van der Waals surface area contributed by atoms with Crippen LogP contribution in [0.4, 0.5) is 18.3 Å². The molecule has 6 nitrogen and oxygen atoms in total. The zero-order valence-corrected chi connectivity index (χ0v) is 18.3. The van der Waals surface area contributed by atoms with E-state index in [1.54, 1.807) is 6.92 Å². The van der Waals surface area contributed by atoms with Crippen molar-refractivity contribution < 1.29 is 26.4 Å². The number of nitrogens with one attached hydrogen (secondary N) is 2. The van der Waals surface area contributed by atoms with Gasteiger partial charge in [0, 0.05) is 17.0 Å². The summed E-state index contributed by atoms with van der Waals surface area (Å²) in [5, 5.41) is 2.54. The normalized spacial score (nSPS) is 12.8. The number of amides is 1. The molecule has 2 aromatic rings. The van der Waals surface area contributed by atoms with Crippen LogP contribution in [0, 0.1) is 24.4 Å². The van der Waals surface area contributed by atoms with Gasteiger partial charge < -0.3 is 5.32 Å². The van der Waals surface area contributed by atoms with Gasteiger partial charge in [0.05, 0.1) is 17.0 Å². The Morgan fingerprint density at radius 2 is 1.90 bits per heavy atom. The van der Waals surface area contributed by atoms with Crippen molar-refractivity contribution in [1.82, 2.24) is 9.71 Å². The first-order chi connectivity index (χ1) is 13.6. The first kappa shape index (κ1) is 23.6. The molecule has 1 heterocycles. The van der Waals surface area contributed by atoms with Crippen LogP contribution in [0.2, 0.25) is 0 Å². The average Bonchev–Trinajstić information content (AvgIpc) is 2.97. The van der Waals surface area contributed by atoms with Crippen LogP contribution in [0.3, 0.4) is 0 Å². The molecule has 0 saturated carbocycles. The van der Waals surface area contributed by atoms with Crippen LogP contribution in [0.15, 0.2) is 12.1 Å². The quantitative estimate of drug-likeness (QED) is 0.589. The number of benzene rings is 1. The number of nitrogens with zero attached hydrogens (tertiary/aromatic N) is 1. The lowest BCUT2D eigenvalue weighted by Crippen LogP contribution is -2.44. The van der Waals surface area contributed by atoms with Gasteiger partial charge in [-0.15, -0.1) is 11.3 Å². The molecule has 1 aromatic heterocycles. The summed E-state index contributed by atoms with van der Waals surface area (Å²) in [5.74, 6) is -3.54. The SMILES string of the molecule is CCS(=O)(=O)NC(CCSC)C(=O)Nc1nc(-c2c(F)cc(F)cc2F)c(C)s1. The average molecular weight is 468 g/mol. The minimum Gasteiger partial charge on any atom is -0.301 e. The third-order valence-corrected chi connectivity index (χ3v) is 6.83. The first-order valence-electron chi connectivity index (χ1n) is 8.50. The van der Waals surface area contributed by atoms with Crippen molar-refractivity contribution in [3.8, 4) is 11.3 Å². The molecule has 1 atom stereocenters. The highest BCUT2D eigenvalue weighted by molar-refractivity contribution is 7.98. The molecule has 1 amide bonds. The second kappa shape index (κ2) is 9.92. The van der Waals surface area contributed by atoms with Gasteiger partial charge in [-0.2, -0.15) is 11.8 Å². The Bertz CT molecular complexity index is 973. The monoisotopic (exact) mass is 467 g/mol. The van der Waals surface area contributed by atoms with E-state index in [0.717, 1.165) is 11.3 Å². The minimum absolute atomic E-state index is 0.0514. The third-order valence-electron chi connectivity index (χ3n) is 3.90. The van der Waals surface area contributed by atoms with Gasteiger partial charge in [-0.1, -0.05) is 0 Å². The molecule has 0 spiro atoms.